The standard InChI is InChI=1S/C13H18N2O3/c1-9-8-18-12-7-10(17-6-2-5-14)3-4-11(12)13(16)15-9/h3-4,7,9H,2,5-6,8,14H2,1H3,(H,15,16). The van der Waals surface area contributed by atoms with Crippen molar-refractivity contribution in [1.29, 1.82) is 0 Å². The summed E-state index contributed by atoms with van der Waals surface area (Å²) in [5, 5.41) is 2.85. The lowest BCUT2D eigenvalue weighted by atomic mass is 10.2. The second-order valence-electron chi connectivity index (χ2n) is 4.33. The number of amides is 1. The van der Waals surface area contributed by atoms with E-state index < -0.39 is 0 Å². The van der Waals surface area contributed by atoms with Gasteiger partial charge in [-0.25, -0.2) is 0 Å². The van der Waals surface area contributed by atoms with E-state index >= 15 is 0 Å². The molecule has 98 valence electrons. The Bertz CT molecular complexity index is 434. The first-order valence-electron chi connectivity index (χ1n) is 6.11. The van der Waals surface area contributed by atoms with Crippen molar-refractivity contribution < 1.29 is 14.3 Å². The Kier molecular flexibility index (Phi) is 4.04. The number of nitrogens with two attached hydrogens (primary N) is 1. The number of fused-ring (bicyclic) bond motifs is 1. The van der Waals surface area contributed by atoms with Crippen LogP contribution in [-0.2, 0) is 0 Å². The highest BCUT2D eigenvalue weighted by Gasteiger charge is 2.20. The number of hydrogen-bond acceptors (Lipinski definition) is 4. The van der Waals surface area contributed by atoms with E-state index in [-0.39, 0.29) is 11.9 Å². The first-order valence-corrected chi connectivity index (χ1v) is 6.11. The van der Waals surface area contributed by atoms with Crippen molar-refractivity contribution in [3.05, 3.63) is 23.8 Å². The van der Waals surface area contributed by atoms with E-state index in [1.807, 2.05) is 6.92 Å². The number of ether oxygens (including phenoxy) is 2. The van der Waals surface area contributed by atoms with Crippen molar-refractivity contribution in [2.75, 3.05) is 19.8 Å². The van der Waals surface area contributed by atoms with Gasteiger partial charge < -0.3 is 20.5 Å². The van der Waals surface area contributed by atoms with Gasteiger partial charge in [0.1, 0.15) is 18.1 Å². The van der Waals surface area contributed by atoms with Gasteiger partial charge in [0.05, 0.1) is 18.2 Å². The highest BCUT2D eigenvalue weighted by atomic mass is 16.5. The van der Waals surface area contributed by atoms with E-state index in [0.717, 1.165) is 6.42 Å². The Hall–Kier alpha value is -1.75. The maximum Gasteiger partial charge on any atom is 0.255 e. The molecule has 18 heavy (non-hydrogen) atoms. The summed E-state index contributed by atoms with van der Waals surface area (Å²) in [5.74, 6) is 1.16. The van der Waals surface area contributed by atoms with Gasteiger partial charge in [0.2, 0.25) is 0 Å². The predicted molar refractivity (Wildman–Crippen MR) is 68.0 cm³/mol. The number of hydrogen-bond donors (Lipinski definition) is 2. The molecule has 1 aromatic carbocycles. The Morgan fingerprint density at radius 1 is 1.56 bits per heavy atom. The van der Waals surface area contributed by atoms with Gasteiger partial charge in [0, 0.05) is 6.07 Å². The molecular formula is C13H18N2O3. The van der Waals surface area contributed by atoms with E-state index in [4.69, 9.17) is 15.2 Å². The molecule has 0 saturated carbocycles. The molecule has 5 heteroatoms. The maximum absolute atomic E-state index is 11.8. The minimum absolute atomic E-state index is 0.00603. The number of rotatable bonds is 4. The summed E-state index contributed by atoms with van der Waals surface area (Å²) in [6.07, 6.45) is 0.801. The van der Waals surface area contributed by atoms with Crippen LogP contribution in [0, 0.1) is 0 Å². The van der Waals surface area contributed by atoms with E-state index in [0.29, 0.717) is 36.8 Å². The molecule has 1 heterocycles. The van der Waals surface area contributed by atoms with Crippen LogP contribution < -0.4 is 20.5 Å². The van der Waals surface area contributed by atoms with Crippen LogP contribution in [0.1, 0.15) is 23.7 Å². The summed E-state index contributed by atoms with van der Waals surface area (Å²) in [6.45, 7) is 3.53. The van der Waals surface area contributed by atoms with Gasteiger partial charge in [-0.2, -0.15) is 0 Å². The zero-order valence-corrected chi connectivity index (χ0v) is 10.4. The Morgan fingerprint density at radius 2 is 2.39 bits per heavy atom. The van der Waals surface area contributed by atoms with E-state index in [2.05, 4.69) is 5.32 Å². The summed E-state index contributed by atoms with van der Waals surface area (Å²) >= 11 is 0. The molecule has 5 nitrogen and oxygen atoms in total. The Balaban J connectivity index is 2.13. The molecule has 0 aliphatic carbocycles. The van der Waals surface area contributed by atoms with Gasteiger partial charge in [-0.3, -0.25) is 4.79 Å². The van der Waals surface area contributed by atoms with E-state index in [1.165, 1.54) is 0 Å². The van der Waals surface area contributed by atoms with Crippen molar-refractivity contribution in [2.24, 2.45) is 5.73 Å². The smallest absolute Gasteiger partial charge is 0.255 e. The number of nitrogens with one attached hydrogen (secondary N) is 1. The van der Waals surface area contributed by atoms with Crippen molar-refractivity contribution in [2.45, 2.75) is 19.4 Å². The Morgan fingerprint density at radius 3 is 3.17 bits per heavy atom. The molecule has 0 radical (unpaired) electrons. The fourth-order valence-corrected chi connectivity index (χ4v) is 1.73. The van der Waals surface area contributed by atoms with Crippen LogP contribution in [0.15, 0.2) is 18.2 Å². The third kappa shape index (κ3) is 2.92. The van der Waals surface area contributed by atoms with Gasteiger partial charge >= 0.3 is 0 Å². The minimum atomic E-state index is -0.108. The monoisotopic (exact) mass is 250 g/mol. The average Bonchev–Trinajstić information content (AvgIpc) is 2.49. The maximum atomic E-state index is 11.8. The number of carbonyl (C=O) groups excluding carboxylic acids is 1. The topological polar surface area (TPSA) is 73.6 Å². The lowest BCUT2D eigenvalue weighted by Crippen LogP contribution is -2.33. The average molecular weight is 250 g/mol. The molecule has 1 amide bonds. The molecule has 0 aromatic heterocycles. The summed E-state index contributed by atoms with van der Waals surface area (Å²) < 4.78 is 11.1. The van der Waals surface area contributed by atoms with Crippen molar-refractivity contribution in [3.8, 4) is 11.5 Å². The third-order valence-electron chi connectivity index (χ3n) is 2.68. The fourth-order valence-electron chi connectivity index (χ4n) is 1.73. The quantitative estimate of drug-likeness (QED) is 0.779. The predicted octanol–water partition coefficient (Wildman–Crippen LogP) is 0.925. The van der Waals surface area contributed by atoms with Crippen LogP contribution >= 0.6 is 0 Å². The summed E-state index contributed by atoms with van der Waals surface area (Å²) in [4.78, 5) is 11.8. The summed E-state index contributed by atoms with van der Waals surface area (Å²) in [5.41, 5.74) is 5.95. The lowest BCUT2D eigenvalue weighted by molar-refractivity contribution is 0.0942. The molecule has 1 aromatic rings. The first kappa shape index (κ1) is 12.7. The third-order valence-corrected chi connectivity index (χ3v) is 2.68. The highest BCUT2D eigenvalue weighted by Crippen LogP contribution is 2.26. The molecule has 1 atom stereocenters. The number of benzene rings is 1. The molecule has 0 spiro atoms. The van der Waals surface area contributed by atoms with Gasteiger partial charge in [-0.1, -0.05) is 0 Å². The minimum Gasteiger partial charge on any atom is -0.493 e. The highest BCUT2D eigenvalue weighted by molar-refractivity contribution is 5.97. The second-order valence-corrected chi connectivity index (χ2v) is 4.33. The van der Waals surface area contributed by atoms with Crippen molar-refractivity contribution in [1.82, 2.24) is 5.32 Å². The second kappa shape index (κ2) is 5.73. The fraction of sp³-hybridized carbons (Fsp3) is 0.462. The zero-order valence-electron chi connectivity index (χ0n) is 10.4. The molecule has 1 aliphatic rings. The molecule has 0 fully saturated rings. The van der Waals surface area contributed by atoms with Crippen LogP contribution in [-0.4, -0.2) is 31.7 Å². The lowest BCUT2D eigenvalue weighted by Gasteiger charge is -2.10. The largest absolute Gasteiger partial charge is 0.493 e. The number of carbonyl (C=O) groups is 1. The van der Waals surface area contributed by atoms with Gasteiger partial charge in [-0.15, -0.1) is 0 Å². The molecule has 2 rings (SSSR count). The van der Waals surface area contributed by atoms with Gasteiger partial charge in [0.15, 0.2) is 0 Å². The molecule has 1 aliphatic heterocycles. The van der Waals surface area contributed by atoms with Crippen LogP contribution in [0.2, 0.25) is 0 Å². The molecular weight excluding hydrogens is 232 g/mol. The Labute approximate surface area is 106 Å². The van der Waals surface area contributed by atoms with E-state index in [9.17, 15) is 4.79 Å². The van der Waals surface area contributed by atoms with Gasteiger partial charge in [-0.05, 0) is 32.0 Å². The van der Waals surface area contributed by atoms with Gasteiger partial charge in [0.25, 0.3) is 5.91 Å². The first-order chi connectivity index (χ1) is 8.70. The normalized spacial score (nSPS) is 18.3. The van der Waals surface area contributed by atoms with E-state index in [1.54, 1.807) is 18.2 Å². The van der Waals surface area contributed by atoms with Crippen LogP contribution in [0.4, 0.5) is 0 Å². The van der Waals surface area contributed by atoms with Crippen molar-refractivity contribution in [3.63, 3.8) is 0 Å². The summed E-state index contributed by atoms with van der Waals surface area (Å²) in [7, 11) is 0. The molecule has 1 unspecified atom stereocenters. The summed E-state index contributed by atoms with van der Waals surface area (Å²) in [6, 6.07) is 5.25. The molecule has 0 saturated heterocycles. The SMILES string of the molecule is CC1COc2cc(OCCCN)ccc2C(=O)N1. The van der Waals surface area contributed by atoms with Crippen molar-refractivity contribution >= 4 is 5.91 Å². The molecule has 0 bridgehead atoms. The van der Waals surface area contributed by atoms with Crippen LogP contribution in [0.25, 0.3) is 0 Å². The van der Waals surface area contributed by atoms with Crippen LogP contribution in [0.5, 0.6) is 11.5 Å². The van der Waals surface area contributed by atoms with Crippen LogP contribution in [0.3, 0.4) is 0 Å². The zero-order chi connectivity index (χ0) is 13.0. The molecule has 3 N–H and O–H groups in total.